The van der Waals surface area contributed by atoms with Gasteiger partial charge in [0.1, 0.15) is 5.78 Å². The fourth-order valence-corrected chi connectivity index (χ4v) is 3.68. The van der Waals surface area contributed by atoms with E-state index in [9.17, 15) is 4.79 Å². The Labute approximate surface area is 72.8 Å². The summed E-state index contributed by atoms with van der Waals surface area (Å²) in [6, 6.07) is 0. The third-order valence-electron chi connectivity index (χ3n) is 4.07. The van der Waals surface area contributed by atoms with E-state index in [-0.39, 0.29) is 0 Å². The second-order valence-corrected chi connectivity index (χ2v) is 4.70. The summed E-state index contributed by atoms with van der Waals surface area (Å²) in [7, 11) is 0. The summed E-state index contributed by atoms with van der Waals surface area (Å²) in [4.78, 5) is 11.6. The van der Waals surface area contributed by atoms with E-state index in [4.69, 9.17) is 0 Å². The van der Waals surface area contributed by atoms with E-state index in [1.54, 1.807) is 0 Å². The normalized spacial score (nSPS) is 55.1. The van der Waals surface area contributed by atoms with Crippen LogP contribution in [0, 0.1) is 29.6 Å². The zero-order chi connectivity index (χ0) is 8.29. The first-order chi connectivity index (χ1) is 5.77. The van der Waals surface area contributed by atoms with Gasteiger partial charge in [-0.05, 0) is 30.1 Å². The van der Waals surface area contributed by atoms with Crippen LogP contribution in [0.5, 0.6) is 0 Å². The van der Waals surface area contributed by atoms with Gasteiger partial charge in [0.25, 0.3) is 0 Å². The van der Waals surface area contributed by atoms with Crippen molar-refractivity contribution in [2.45, 2.75) is 19.8 Å². The molecule has 0 aromatic carbocycles. The van der Waals surface area contributed by atoms with Crippen LogP contribution < -0.4 is 0 Å². The van der Waals surface area contributed by atoms with E-state index in [1.807, 2.05) is 0 Å². The van der Waals surface area contributed by atoms with Gasteiger partial charge in [-0.2, -0.15) is 0 Å². The summed E-state index contributed by atoms with van der Waals surface area (Å²) >= 11 is 0. The molecule has 0 saturated heterocycles. The third-order valence-corrected chi connectivity index (χ3v) is 4.07. The number of ketones is 1. The molecular weight excluding hydrogens is 148 g/mol. The Morgan fingerprint density at radius 3 is 2.83 bits per heavy atom. The molecule has 2 saturated carbocycles. The Balaban J connectivity index is 2.03. The highest BCUT2D eigenvalue weighted by Gasteiger charge is 2.53. The topological polar surface area (TPSA) is 17.1 Å². The van der Waals surface area contributed by atoms with Crippen LogP contribution in [0.4, 0.5) is 0 Å². The minimum Gasteiger partial charge on any atom is -0.299 e. The fourth-order valence-electron chi connectivity index (χ4n) is 3.68. The maximum absolute atomic E-state index is 11.6. The number of fused-ring (bicyclic) bond motifs is 5. The molecule has 1 nitrogen and oxygen atoms in total. The molecule has 0 heterocycles. The molecule has 0 aromatic heterocycles. The van der Waals surface area contributed by atoms with Gasteiger partial charge < -0.3 is 0 Å². The highest BCUT2D eigenvalue weighted by atomic mass is 16.1. The predicted octanol–water partition coefficient (Wildman–Crippen LogP) is 2.03. The highest BCUT2D eigenvalue weighted by molar-refractivity contribution is 5.85. The Kier molecular flexibility index (Phi) is 1.15. The van der Waals surface area contributed by atoms with E-state index in [2.05, 4.69) is 19.1 Å². The van der Waals surface area contributed by atoms with Crippen LogP contribution in [0.3, 0.4) is 0 Å². The molecule has 1 heteroatoms. The van der Waals surface area contributed by atoms with Crippen molar-refractivity contribution >= 4 is 5.78 Å². The predicted molar refractivity (Wildman–Crippen MR) is 46.5 cm³/mol. The van der Waals surface area contributed by atoms with Crippen LogP contribution >= 0.6 is 0 Å². The molecule has 3 rings (SSSR count). The summed E-state index contributed by atoms with van der Waals surface area (Å²) in [5.74, 6) is 3.72. The van der Waals surface area contributed by atoms with Crippen LogP contribution in [0.25, 0.3) is 0 Å². The molecule has 0 N–H and O–H groups in total. The Morgan fingerprint density at radius 2 is 2.08 bits per heavy atom. The number of Topliss-reactive ketones (excluding diaryl/α,β-unsaturated/α-hetero) is 1. The second kappa shape index (κ2) is 2.01. The monoisotopic (exact) mass is 162 g/mol. The van der Waals surface area contributed by atoms with Crippen LogP contribution in [0.1, 0.15) is 19.8 Å². The molecule has 0 aromatic rings. The molecule has 0 amide bonds. The van der Waals surface area contributed by atoms with Gasteiger partial charge in [0, 0.05) is 12.3 Å². The van der Waals surface area contributed by atoms with Crippen molar-refractivity contribution in [2.24, 2.45) is 29.6 Å². The number of hydrogen-bond donors (Lipinski definition) is 0. The van der Waals surface area contributed by atoms with E-state index in [0.29, 0.717) is 29.5 Å². The smallest absolute Gasteiger partial charge is 0.137 e. The Bertz CT molecular complexity index is 266. The SMILES string of the molecule is C[C@H]1CC(=O)C2C1[C@H]1C=C[C@@H]2C1. The largest absolute Gasteiger partial charge is 0.299 e. The minimum atomic E-state index is 0.426. The van der Waals surface area contributed by atoms with Crippen molar-refractivity contribution in [1.29, 1.82) is 0 Å². The molecule has 3 aliphatic rings. The standard InChI is InChI=1S/C11H14O/c1-6-4-9(12)11-8-3-2-7(5-8)10(6)11/h2-3,6-8,10-11H,4-5H2,1H3/t6-,7-,8+,10?,11?/m0/s1. The third kappa shape index (κ3) is 0.634. The van der Waals surface area contributed by atoms with Gasteiger partial charge in [-0.15, -0.1) is 0 Å². The zero-order valence-corrected chi connectivity index (χ0v) is 7.36. The highest BCUT2D eigenvalue weighted by Crippen LogP contribution is 2.55. The lowest BCUT2D eigenvalue weighted by Gasteiger charge is -2.21. The average Bonchev–Trinajstić information content (AvgIpc) is 2.64. The average molecular weight is 162 g/mol. The quantitative estimate of drug-likeness (QED) is 0.498. The van der Waals surface area contributed by atoms with Crippen LogP contribution in [0.15, 0.2) is 12.2 Å². The van der Waals surface area contributed by atoms with Crippen LogP contribution in [-0.4, -0.2) is 5.78 Å². The van der Waals surface area contributed by atoms with Crippen LogP contribution in [0.2, 0.25) is 0 Å². The Hall–Kier alpha value is -0.590. The number of carbonyl (C=O) groups is 1. The van der Waals surface area contributed by atoms with Crippen molar-refractivity contribution in [2.75, 3.05) is 0 Å². The summed E-state index contributed by atoms with van der Waals surface area (Å²) in [5.41, 5.74) is 0. The number of carbonyl (C=O) groups excluding carboxylic acids is 1. The molecule has 0 spiro atoms. The van der Waals surface area contributed by atoms with E-state index in [0.717, 1.165) is 12.3 Å². The maximum Gasteiger partial charge on any atom is 0.137 e. The van der Waals surface area contributed by atoms with Gasteiger partial charge in [0.05, 0.1) is 0 Å². The zero-order valence-electron chi connectivity index (χ0n) is 7.36. The van der Waals surface area contributed by atoms with Crippen LogP contribution in [-0.2, 0) is 4.79 Å². The molecule has 0 radical (unpaired) electrons. The van der Waals surface area contributed by atoms with Crippen molar-refractivity contribution in [3.05, 3.63) is 12.2 Å². The van der Waals surface area contributed by atoms with Gasteiger partial charge in [-0.3, -0.25) is 4.79 Å². The lowest BCUT2D eigenvalue weighted by molar-refractivity contribution is -0.121. The lowest BCUT2D eigenvalue weighted by atomic mass is 9.82. The van der Waals surface area contributed by atoms with E-state index < -0.39 is 0 Å². The van der Waals surface area contributed by atoms with Crippen molar-refractivity contribution in [1.82, 2.24) is 0 Å². The first kappa shape index (κ1) is 6.88. The Morgan fingerprint density at radius 1 is 1.33 bits per heavy atom. The second-order valence-electron chi connectivity index (χ2n) is 4.70. The molecule has 2 bridgehead atoms. The van der Waals surface area contributed by atoms with Crippen molar-refractivity contribution < 1.29 is 4.79 Å². The minimum absolute atomic E-state index is 0.426. The molecule has 2 fully saturated rings. The lowest BCUT2D eigenvalue weighted by Crippen LogP contribution is -2.20. The van der Waals surface area contributed by atoms with Gasteiger partial charge >= 0.3 is 0 Å². The number of rotatable bonds is 0. The number of hydrogen-bond acceptors (Lipinski definition) is 1. The van der Waals surface area contributed by atoms with Crippen molar-refractivity contribution in [3.63, 3.8) is 0 Å². The molecule has 3 aliphatic carbocycles. The van der Waals surface area contributed by atoms with Gasteiger partial charge in [0.15, 0.2) is 0 Å². The molecule has 12 heavy (non-hydrogen) atoms. The first-order valence-corrected chi connectivity index (χ1v) is 4.98. The summed E-state index contributed by atoms with van der Waals surface area (Å²) in [5, 5.41) is 0. The number of allylic oxidation sites excluding steroid dienone is 2. The molecular formula is C11H14O. The maximum atomic E-state index is 11.6. The summed E-state index contributed by atoms with van der Waals surface area (Å²) in [6.45, 7) is 2.25. The molecule has 5 atom stereocenters. The van der Waals surface area contributed by atoms with Crippen molar-refractivity contribution in [3.8, 4) is 0 Å². The summed E-state index contributed by atoms with van der Waals surface area (Å²) in [6.07, 6.45) is 6.75. The van der Waals surface area contributed by atoms with E-state index in [1.165, 1.54) is 6.42 Å². The van der Waals surface area contributed by atoms with Gasteiger partial charge in [-0.25, -0.2) is 0 Å². The molecule has 0 aliphatic heterocycles. The van der Waals surface area contributed by atoms with E-state index >= 15 is 0 Å². The van der Waals surface area contributed by atoms with Gasteiger partial charge in [0.2, 0.25) is 0 Å². The van der Waals surface area contributed by atoms with Gasteiger partial charge in [-0.1, -0.05) is 19.1 Å². The fraction of sp³-hybridized carbons (Fsp3) is 0.727. The molecule has 64 valence electrons. The molecule has 2 unspecified atom stereocenters. The first-order valence-electron chi connectivity index (χ1n) is 4.98. The summed E-state index contributed by atoms with van der Waals surface area (Å²) < 4.78 is 0.